The maximum atomic E-state index is 5.19. The molecule has 1 heterocycles. The van der Waals surface area contributed by atoms with E-state index in [0.717, 1.165) is 0 Å². The first-order valence-corrected chi connectivity index (χ1v) is 3.30. The highest BCUT2D eigenvalue weighted by Crippen LogP contribution is 1.94. The van der Waals surface area contributed by atoms with Crippen molar-refractivity contribution in [2.75, 3.05) is 6.54 Å². The van der Waals surface area contributed by atoms with Crippen LogP contribution in [0.25, 0.3) is 0 Å². The number of rotatable bonds is 2. The largest absolute Gasteiger partial charge is 0.364 e. The number of amidine groups is 1. The number of nitrogens with one attached hydrogen (secondary N) is 1. The van der Waals surface area contributed by atoms with E-state index in [1.54, 1.807) is 6.07 Å². The predicted octanol–water partition coefficient (Wildman–Crippen LogP) is -0.0956. The molecule has 1 aromatic rings. The first kappa shape index (κ1) is 7.74. The molecule has 0 aromatic carbocycles. The van der Waals surface area contributed by atoms with Crippen molar-refractivity contribution in [2.45, 2.75) is 6.92 Å². The molecule has 0 saturated heterocycles. The molecule has 5 nitrogen and oxygen atoms in total. The zero-order chi connectivity index (χ0) is 8.10. The van der Waals surface area contributed by atoms with Gasteiger partial charge in [-0.05, 0) is 6.92 Å². The highest BCUT2D eigenvalue weighted by Gasteiger charge is 2.02. The molecule has 0 atom stereocenters. The fraction of sp³-hybridized carbons (Fsp3) is 0.333. The van der Waals surface area contributed by atoms with Crippen molar-refractivity contribution < 1.29 is 4.52 Å². The summed E-state index contributed by atoms with van der Waals surface area (Å²) in [5.74, 6) is 5.73. The molecule has 0 bridgehead atoms. The Bertz CT molecular complexity index is 229. The van der Waals surface area contributed by atoms with Crippen LogP contribution in [0.3, 0.4) is 0 Å². The van der Waals surface area contributed by atoms with Crippen LogP contribution < -0.4 is 11.3 Å². The van der Waals surface area contributed by atoms with Gasteiger partial charge in [0.05, 0.1) is 0 Å². The Labute approximate surface area is 64.2 Å². The minimum Gasteiger partial charge on any atom is -0.364 e. The molecule has 0 saturated carbocycles. The molecule has 1 rings (SSSR count). The van der Waals surface area contributed by atoms with E-state index in [-0.39, 0.29) is 0 Å². The van der Waals surface area contributed by atoms with Gasteiger partial charge in [-0.25, -0.2) is 5.84 Å². The molecule has 5 heteroatoms. The maximum Gasteiger partial charge on any atom is 0.165 e. The van der Waals surface area contributed by atoms with E-state index >= 15 is 0 Å². The summed E-state index contributed by atoms with van der Waals surface area (Å²) in [4.78, 5) is 4.04. The quantitative estimate of drug-likeness (QED) is 0.270. The smallest absolute Gasteiger partial charge is 0.165 e. The third kappa shape index (κ3) is 1.78. The summed E-state index contributed by atoms with van der Waals surface area (Å²) < 4.78 is 4.62. The van der Waals surface area contributed by atoms with E-state index in [1.165, 1.54) is 6.26 Å². The molecule has 0 fully saturated rings. The minimum atomic E-state index is 0.543. The third-order valence-electron chi connectivity index (χ3n) is 1.13. The van der Waals surface area contributed by atoms with Gasteiger partial charge < -0.3 is 9.95 Å². The van der Waals surface area contributed by atoms with Gasteiger partial charge in [-0.3, -0.25) is 4.99 Å². The van der Waals surface area contributed by atoms with Crippen LogP contribution >= 0.6 is 0 Å². The van der Waals surface area contributed by atoms with Gasteiger partial charge in [0.15, 0.2) is 5.84 Å². The molecule has 0 aliphatic carbocycles. The van der Waals surface area contributed by atoms with Crippen LogP contribution in [-0.4, -0.2) is 17.5 Å². The van der Waals surface area contributed by atoms with Gasteiger partial charge in [0.1, 0.15) is 12.0 Å². The lowest BCUT2D eigenvalue weighted by molar-refractivity contribution is 0.418. The van der Waals surface area contributed by atoms with E-state index < -0.39 is 0 Å². The zero-order valence-electron chi connectivity index (χ0n) is 6.24. The summed E-state index contributed by atoms with van der Waals surface area (Å²) in [5, 5.41) is 3.66. The Hall–Kier alpha value is -1.36. The number of nitrogens with zero attached hydrogens (tertiary/aromatic N) is 2. The van der Waals surface area contributed by atoms with Gasteiger partial charge in [-0.1, -0.05) is 5.16 Å². The number of aromatic nitrogens is 1. The average molecular weight is 154 g/mol. The molecule has 11 heavy (non-hydrogen) atoms. The van der Waals surface area contributed by atoms with Gasteiger partial charge in [0.2, 0.25) is 0 Å². The molecule has 3 N–H and O–H groups in total. The second kappa shape index (κ2) is 3.72. The first-order chi connectivity index (χ1) is 5.38. The van der Waals surface area contributed by atoms with Crippen LogP contribution in [0.5, 0.6) is 0 Å². The SMILES string of the molecule is CCN=C(NN)c1ccon1. The fourth-order valence-electron chi connectivity index (χ4n) is 0.693. The summed E-state index contributed by atoms with van der Waals surface area (Å²) in [6, 6.07) is 1.69. The van der Waals surface area contributed by atoms with Crippen molar-refractivity contribution in [1.82, 2.24) is 10.6 Å². The number of hydrogen-bond donors (Lipinski definition) is 2. The molecule has 0 radical (unpaired) electrons. The summed E-state index contributed by atoms with van der Waals surface area (Å²) in [6.07, 6.45) is 1.47. The van der Waals surface area contributed by atoms with Crippen LogP contribution in [0.15, 0.2) is 21.8 Å². The fourth-order valence-corrected chi connectivity index (χ4v) is 0.693. The molecule has 0 aliphatic heterocycles. The molecule has 60 valence electrons. The van der Waals surface area contributed by atoms with Gasteiger partial charge in [-0.2, -0.15) is 0 Å². The van der Waals surface area contributed by atoms with Crippen LogP contribution in [-0.2, 0) is 0 Å². The zero-order valence-corrected chi connectivity index (χ0v) is 6.24. The molecule has 0 amide bonds. The summed E-state index contributed by atoms with van der Waals surface area (Å²) in [6.45, 7) is 2.57. The standard InChI is InChI=1S/C6H10N4O/c1-2-8-6(9-7)5-3-4-11-10-5/h3-4H,2,7H2,1H3,(H,8,9). The van der Waals surface area contributed by atoms with Crippen molar-refractivity contribution in [3.8, 4) is 0 Å². The van der Waals surface area contributed by atoms with Crippen molar-refractivity contribution >= 4 is 5.84 Å². The van der Waals surface area contributed by atoms with Crippen molar-refractivity contribution in [3.63, 3.8) is 0 Å². The number of aliphatic imine (C=N–C) groups is 1. The average Bonchev–Trinajstić information content (AvgIpc) is 2.52. The minimum absolute atomic E-state index is 0.543. The van der Waals surface area contributed by atoms with Crippen LogP contribution in [0.4, 0.5) is 0 Å². The van der Waals surface area contributed by atoms with Crippen LogP contribution in [0.1, 0.15) is 12.6 Å². The van der Waals surface area contributed by atoms with Crippen molar-refractivity contribution in [3.05, 3.63) is 18.0 Å². The highest BCUT2D eigenvalue weighted by molar-refractivity contribution is 5.96. The normalized spacial score (nSPS) is 11.6. The number of nitrogens with two attached hydrogens (primary N) is 1. The van der Waals surface area contributed by atoms with Crippen LogP contribution in [0, 0.1) is 0 Å². The molecule has 1 aromatic heterocycles. The number of hydrogen-bond acceptors (Lipinski definition) is 4. The second-order valence-electron chi connectivity index (χ2n) is 1.85. The maximum absolute atomic E-state index is 5.19. The first-order valence-electron chi connectivity index (χ1n) is 3.30. The highest BCUT2D eigenvalue weighted by atomic mass is 16.5. The monoisotopic (exact) mass is 154 g/mol. The van der Waals surface area contributed by atoms with Gasteiger partial charge in [-0.15, -0.1) is 0 Å². The van der Waals surface area contributed by atoms with E-state index in [9.17, 15) is 0 Å². The lowest BCUT2D eigenvalue weighted by Crippen LogP contribution is -2.31. The Kier molecular flexibility index (Phi) is 2.62. The summed E-state index contributed by atoms with van der Waals surface area (Å²) in [5.41, 5.74) is 3.05. The van der Waals surface area contributed by atoms with Gasteiger partial charge in [0.25, 0.3) is 0 Å². The van der Waals surface area contributed by atoms with Gasteiger partial charge in [0, 0.05) is 12.6 Å². The topological polar surface area (TPSA) is 76.4 Å². The Morgan fingerprint density at radius 1 is 1.91 bits per heavy atom. The third-order valence-corrected chi connectivity index (χ3v) is 1.13. The number of hydrazine groups is 1. The van der Waals surface area contributed by atoms with E-state index in [0.29, 0.717) is 18.1 Å². The van der Waals surface area contributed by atoms with E-state index in [2.05, 4.69) is 20.1 Å². The predicted molar refractivity (Wildman–Crippen MR) is 40.9 cm³/mol. The Morgan fingerprint density at radius 3 is 3.18 bits per heavy atom. The second-order valence-corrected chi connectivity index (χ2v) is 1.85. The molecular weight excluding hydrogens is 144 g/mol. The molecular formula is C6H10N4O. The molecule has 0 aliphatic rings. The lowest BCUT2D eigenvalue weighted by Gasteiger charge is -1.98. The summed E-state index contributed by atoms with van der Waals surface area (Å²) in [7, 11) is 0. The summed E-state index contributed by atoms with van der Waals surface area (Å²) >= 11 is 0. The Balaban J connectivity index is 2.79. The lowest BCUT2D eigenvalue weighted by atomic mass is 10.4. The van der Waals surface area contributed by atoms with Gasteiger partial charge >= 0.3 is 0 Å². The molecule has 0 spiro atoms. The van der Waals surface area contributed by atoms with E-state index in [1.807, 2.05) is 6.92 Å². The van der Waals surface area contributed by atoms with Crippen LogP contribution in [0.2, 0.25) is 0 Å². The van der Waals surface area contributed by atoms with Crippen molar-refractivity contribution in [2.24, 2.45) is 10.8 Å². The van der Waals surface area contributed by atoms with Crippen molar-refractivity contribution in [1.29, 1.82) is 0 Å². The molecule has 0 unspecified atom stereocenters. The Morgan fingerprint density at radius 2 is 2.73 bits per heavy atom. The van der Waals surface area contributed by atoms with E-state index in [4.69, 9.17) is 5.84 Å².